The van der Waals surface area contributed by atoms with Crippen LogP contribution in [0.3, 0.4) is 0 Å². The van der Waals surface area contributed by atoms with E-state index >= 15 is 0 Å². The van der Waals surface area contributed by atoms with Crippen molar-refractivity contribution in [2.24, 2.45) is 0 Å². The van der Waals surface area contributed by atoms with Crippen LogP contribution in [0.15, 0.2) is 47.6 Å². The summed E-state index contributed by atoms with van der Waals surface area (Å²) in [6.07, 6.45) is 4.07. The summed E-state index contributed by atoms with van der Waals surface area (Å²) in [4.78, 5) is 16.3. The van der Waals surface area contributed by atoms with Gasteiger partial charge in [0.15, 0.2) is 0 Å². The number of nitrogens with one attached hydrogen (secondary N) is 1. The van der Waals surface area contributed by atoms with Crippen molar-refractivity contribution >= 4 is 18.5 Å². The molecule has 0 aliphatic heterocycles. The Morgan fingerprint density at radius 1 is 1.26 bits per heavy atom. The molecule has 0 bridgehead atoms. The standard InChI is InChI=1S/C14H13FN2OS/c15-13-2-1-11(19)9-12(13)14(18)17-8-5-10-3-6-16-7-4-10/h1-4,6-7,9,19H,5,8H2,(H,17,18). The lowest BCUT2D eigenvalue weighted by Gasteiger charge is -2.06. The van der Waals surface area contributed by atoms with E-state index in [0.29, 0.717) is 17.9 Å². The van der Waals surface area contributed by atoms with E-state index in [2.05, 4.69) is 22.9 Å². The summed E-state index contributed by atoms with van der Waals surface area (Å²) in [6, 6.07) is 7.91. The van der Waals surface area contributed by atoms with Crippen LogP contribution in [0, 0.1) is 5.82 Å². The maximum atomic E-state index is 13.5. The van der Waals surface area contributed by atoms with Crippen molar-refractivity contribution < 1.29 is 9.18 Å². The normalized spacial score (nSPS) is 10.2. The summed E-state index contributed by atoms with van der Waals surface area (Å²) >= 11 is 4.09. The number of amides is 1. The Kier molecular flexibility index (Phi) is 4.52. The molecule has 0 aliphatic rings. The minimum absolute atomic E-state index is 0.0160. The number of hydrogen-bond donors (Lipinski definition) is 2. The minimum Gasteiger partial charge on any atom is -0.352 e. The first-order valence-electron chi connectivity index (χ1n) is 5.82. The smallest absolute Gasteiger partial charge is 0.254 e. The SMILES string of the molecule is O=C(NCCc1ccncc1)c1cc(S)ccc1F. The molecule has 3 nitrogen and oxygen atoms in total. The average Bonchev–Trinajstić information content (AvgIpc) is 2.42. The van der Waals surface area contributed by atoms with Crippen molar-refractivity contribution in [3.8, 4) is 0 Å². The van der Waals surface area contributed by atoms with E-state index in [-0.39, 0.29) is 5.56 Å². The number of pyridine rings is 1. The number of halogens is 1. The maximum Gasteiger partial charge on any atom is 0.254 e. The van der Waals surface area contributed by atoms with Gasteiger partial charge in [0.1, 0.15) is 5.82 Å². The zero-order valence-corrected chi connectivity index (χ0v) is 11.0. The number of nitrogens with zero attached hydrogens (tertiary/aromatic N) is 1. The summed E-state index contributed by atoms with van der Waals surface area (Å²) in [5.74, 6) is -0.971. The zero-order valence-electron chi connectivity index (χ0n) is 10.1. The number of benzene rings is 1. The molecule has 0 saturated heterocycles. The number of thiol groups is 1. The van der Waals surface area contributed by atoms with Gasteiger partial charge in [-0.2, -0.15) is 0 Å². The van der Waals surface area contributed by atoms with Crippen LogP contribution < -0.4 is 5.32 Å². The van der Waals surface area contributed by atoms with Gasteiger partial charge in [-0.05, 0) is 42.3 Å². The van der Waals surface area contributed by atoms with Crippen LogP contribution in [-0.2, 0) is 6.42 Å². The van der Waals surface area contributed by atoms with Gasteiger partial charge in [0, 0.05) is 23.8 Å². The van der Waals surface area contributed by atoms with Gasteiger partial charge in [-0.3, -0.25) is 9.78 Å². The van der Waals surface area contributed by atoms with Crippen LogP contribution in [0.25, 0.3) is 0 Å². The molecule has 0 saturated carbocycles. The lowest BCUT2D eigenvalue weighted by Crippen LogP contribution is -2.26. The first-order valence-corrected chi connectivity index (χ1v) is 6.27. The third kappa shape index (κ3) is 3.79. The molecule has 0 atom stereocenters. The van der Waals surface area contributed by atoms with Crippen molar-refractivity contribution in [1.82, 2.24) is 10.3 Å². The molecule has 0 radical (unpaired) electrons. The number of carbonyl (C=O) groups is 1. The molecule has 5 heteroatoms. The molecule has 1 heterocycles. The van der Waals surface area contributed by atoms with Crippen molar-refractivity contribution in [3.63, 3.8) is 0 Å². The molecule has 0 aliphatic carbocycles. The Morgan fingerprint density at radius 2 is 2.00 bits per heavy atom. The molecule has 1 aromatic carbocycles. The van der Waals surface area contributed by atoms with Crippen LogP contribution in [0.4, 0.5) is 4.39 Å². The molecule has 98 valence electrons. The molecule has 1 aromatic heterocycles. The van der Waals surface area contributed by atoms with Gasteiger partial charge in [-0.25, -0.2) is 4.39 Å². The van der Waals surface area contributed by atoms with Gasteiger partial charge in [0.25, 0.3) is 5.91 Å². The quantitative estimate of drug-likeness (QED) is 0.842. The van der Waals surface area contributed by atoms with E-state index in [4.69, 9.17) is 0 Å². The molecule has 2 aromatic rings. The average molecular weight is 276 g/mol. The van der Waals surface area contributed by atoms with Crippen molar-refractivity contribution in [2.45, 2.75) is 11.3 Å². The second kappa shape index (κ2) is 6.33. The number of aromatic nitrogens is 1. The van der Waals surface area contributed by atoms with Crippen molar-refractivity contribution in [3.05, 3.63) is 59.7 Å². The first-order chi connectivity index (χ1) is 9.16. The Bertz CT molecular complexity index is 575. The Morgan fingerprint density at radius 3 is 2.74 bits per heavy atom. The molecule has 1 N–H and O–H groups in total. The predicted molar refractivity (Wildman–Crippen MR) is 73.9 cm³/mol. The van der Waals surface area contributed by atoms with Gasteiger partial charge in [0.05, 0.1) is 5.56 Å². The van der Waals surface area contributed by atoms with E-state index in [1.807, 2.05) is 12.1 Å². The highest BCUT2D eigenvalue weighted by Gasteiger charge is 2.11. The lowest BCUT2D eigenvalue weighted by molar-refractivity contribution is 0.0950. The largest absolute Gasteiger partial charge is 0.352 e. The van der Waals surface area contributed by atoms with Crippen LogP contribution in [0.2, 0.25) is 0 Å². The van der Waals surface area contributed by atoms with Gasteiger partial charge >= 0.3 is 0 Å². The molecule has 1 amide bonds. The Hall–Kier alpha value is -1.88. The summed E-state index contributed by atoms with van der Waals surface area (Å²) < 4.78 is 13.5. The van der Waals surface area contributed by atoms with Gasteiger partial charge in [-0.15, -0.1) is 12.6 Å². The van der Waals surface area contributed by atoms with E-state index in [1.54, 1.807) is 12.4 Å². The van der Waals surface area contributed by atoms with E-state index < -0.39 is 11.7 Å². The molecule has 0 unspecified atom stereocenters. The predicted octanol–water partition coefficient (Wildman–Crippen LogP) is 2.48. The van der Waals surface area contributed by atoms with Gasteiger partial charge in [0.2, 0.25) is 0 Å². The molecule has 0 fully saturated rings. The molecular formula is C14H13FN2OS. The summed E-state index contributed by atoms with van der Waals surface area (Å²) in [5.41, 5.74) is 1.08. The second-order valence-electron chi connectivity index (χ2n) is 4.03. The third-order valence-corrected chi connectivity index (χ3v) is 2.92. The second-order valence-corrected chi connectivity index (χ2v) is 4.54. The first kappa shape index (κ1) is 13.5. The summed E-state index contributed by atoms with van der Waals surface area (Å²) in [5, 5.41) is 2.68. The van der Waals surface area contributed by atoms with E-state index in [9.17, 15) is 9.18 Å². The number of carbonyl (C=O) groups excluding carboxylic acids is 1. The summed E-state index contributed by atoms with van der Waals surface area (Å²) in [7, 11) is 0. The molecule has 2 rings (SSSR count). The molecule has 0 spiro atoms. The highest BCUT2D eigenvalue weighted by molar-refractivity contribution is 7.80. The fourth-order valence-corrected chi connectivity index (χ4v) is 1.86. The van der Waals surface area contributed by atoms with Crippen LogP contribution in [0.1, 0.15) is 15.9 Å². The van der Waals surface area contributed by atoms with Gasteiger partial charge < -0.3 is 5.32 Å². The fraction of sp³-hybridized carbons (Fsp3) is 0.143. The zero-order chi connectivity index (χ0) is 13.7. The minimum atomic E-state index is -0.542. The third-order valence-electron chi connectivity index (χ3n) is 2.64. The van der Waals surface area contributed by atoms with Crippen molar-refractivity contribution in [1.29, 1.82) is 0 Å². The topological polar surface area (TPSA) is 42.0 Å². The Balaban J connectivity index is 1.93. The highest BCUT2D eigenvalue weighted by atomic mass is 32.1. The lowest BCUT2D eigenvalue weighted by atomic mass is 10.1. The summed E-state index contributed by atoms with van der Waals surface area (Å²) in [6.45, 7) is 0.444. The van der Waals surface area contributed by atoms with Gasteiger partial charge in [-0.1, -0.05) is 0 Å². The number of rotatable bonds is 4. The van der Waals surface area contributed by atoms with Crippen LogP contribution in [-0.4, -0.2) is 17.4 Å². The van der Waals surface area contributed by atoms with Crippen molar-refractivity contribution in [2.75, 3.05) is 6.54 Å². The van der Waals surface area contributed by atoms with E-state index in [0.717, 1.165) is 5.56 Å². The molecular weight excluding hydrogens is 263 g/mol. The van der Waals surface area contributed by atoms with E-state index in [1.165, 1.54) is 18.2 Å². The van der Waals surface area contributed by atoms with Crippen LogP contribution >= 0.6 is 12.6 Å². The van der Waals surface area contributed by atoms with Crippen LogP contribution in [0.5, 0.6) is 0 Å². The highest BCUT2D eigenvalue weighted by Crippen LogP contribution is 2.13. The Labute approximate surface area is 116 Å². The molecule has 19 heavy (non-hydrogen) atoms. The number of hydrogen-bond acceptors (Lipinski definition) is 3. The fourth-order valence-electron chi connectivity index (χ4n) is 1.65. The maximum absolute atomic E-state index is 13.5. The monoisotopic (exact) mass is 276 g/mol.